The van der Waals surface area contributed by atoms with Crippen molar-refractivity contribution in [3.63, 3.8) is 0 Å². The number of rotatable bonds is 9. The number of amides is 1. The zero-order chi connectivity index (χ0) is 23.9. The van der Waals surface area contributed by atoms with E-state index < -0.39 is 0 Å². The minimum atomic E-state index is -0.0416. The van der Waals surface area contributed by atoms with E-state index in [2.05, 4.69) is 45.6 Å². The molecule has 180 valence electrons. The fourth-order valence-corrected chi connectivity index (χ4v) is 4.82. The quantitative estimate of drug-likeness (QED) is 0.481. The van der Waals surface area contributed by atoms with Crippen LogP contribution in [0.15, 0.2) is 54.6 Å². The van der Waals surface area contributed by atoms with Gasteiger partial charge in [0, 0.05) is 38.1 Å². The highest BCUT2D eigenvalue weighted by Crippen LogP contribution is 2.25. The summed E-state index contributed by atoms with van der Waals surface area (Å²) in [6.45, 7) is 8.14. The van der Waals surface area contributed by atoms with Gasteiger partial charge in [-0.1, -0.05) is 30.3 Å². The van der Waals surface area contributed by atoms with Crippen molar-refractivity contribution >= 4 is 16.8 Å². The van der Waals surface area contributed by atoms with E-state index in [0.717, 1.165) is 48.4 Å². The van der Waals surface area contributed by atoms with E-state index in [4.69, 9.17) is 4.74 Å². The molecule has 6 heteroatoms. The molecule has 0 aliphatic carbocycles. The second-order valence-electron chi connectivity index (χ2n) is 9.46. The summed E-state index contributed by atoms with van der Waals surface area (Å²) in [5.74, 6) is 1.59. The fraction of sp³-hybridized carbons (Fsp3) is 0.429. The molecule has 0 unspecified atom stereocenters. The van der Waals surface area contributed by atoms with Crippen molar-refractivity contribution in [2.45, 2.75) is 39.7 Å². The second-order valence-corrected chi connectivity index (χ2v) is 9.46. The third kappa shape index (κ3) is 6.78. The Bertz CT molecular complexity index is 1110. The van der Waals surface area contributed by atoms with Crippen LogP contribution >= 0.6 is 0 Å². The van der Waals surface area contributed by atoms with Crippen LogP contribution in [0.1, 0.15) is 36.6 Å². The number of nitrogens with one attached hydrogen (secondary N) is 1. The number of carbonyl (C=O) groups is 1. The van der Waals surface area contributed by atoms with Crippen LogP contribution in [0.2, 0.25) is 0 Å². The van der Waals surface area contributed by atoms with Crippen LogP contribution in [-0.2, 0) is 17.8 Å². The zero-order valence-electron chi connectivity index (χ0n) is 20.6. The van der Waals surface area contributed by atoms with Gasteiger partial charge in [-0.3, -0.25) is 20.1 Å². The number of fused-ring (bicyclic) bond motifs is 1. The maximum Gasteiger partial charge on any atom is 0.231 e. The number of hydrogen-bond acceptors (Lipinski definition) is 5. The molecular formula is C28H36N4O2. The third-order valence-corrected chi connectivity index (χ3v) is 6.49. The SMILES string of the molecule is CC(=O)NN(C)Cc1cccc(CC2CCN(CCOc3cccc4nc(C)ccc34)CC2)c1. The Morgan fingerprint density at radius 3 is 2.68 bits per heavy atom. The number of nitrogens with zero attached hydrogens (tertiary/aromatic N) is 3. The van der Waals surface area contributed by atoms with Crippen LogP contribution in [0.5, 0.6) is 5.75 Å². The number of piperidine rings is 1. The summed E-state index contributed by atoms with van der Waals surface area (Å²) in [5.41, 5.74) is 7.43. The van der Waals surface area contributed by atoms with Crippen molar-refractivity contribution < 1.29 is 9.53 Å². The monoisotopic (exact) mass is 460 g/mol. The van der Waals surface area contributed by atoms with Gasteiger partial charge >= 0.3 is 0 Å². The Balaban J connectivity index is 1.21. The van der Waals surface area contributed by atoms with Gasteiger partial charge in [0.2, 0.25) is 5.91 Å². The summed E-state index contributed by atoms with van der Waals surface area (Å²) in [5, 5.41) is 2.91. The summed E-state index contributed by atoms with van der Waals surface area (Å²) < 4.78 is 6.14. The Labute approximate surface area is 202 Å². The molecule has 4 rings (SSSR count). The summed E-state index contributed by atoms with van der Waals surface area (Å²) >= 11 is 0. The summed E-state index contributed by atoms with van der Waals surface area (Å²) in [6, 6.07) is 19.0. The van der Waals surface area contributed by atoms with Gasteiger partial charge in [0.15, 0.2) is 0 Å². The first-order valence-electron chi connectivity index (χ1n) is 12.2. The van der Waals surface area contributed by atoms with Crippen LogP contribution in [-0.4, -0.2) is 54.1 Å². The van der Waals surface area contributed by atoms with Gasteiger partial charge in [-0.05, 0) is 80.6 Å². The van der Waals surface area contributed by atoms with E-state index >= 15 is 0 Å². The smallest absolute Gasteiger partial charge is 0.231 e. The van der Waals surface area contributed by atoms with Gasteiger partial charge in [-0.15, -0.1) is 0 Å². The number of aryl methyl sites for hydroxylation is 1. The molecule has 1 saturated heterocycles. The normalized spacial score (nSPS) is 15.1. The van der Waals surface area contributed by atoms with E-state index in [-0.39, 0.29) is 5.91 Å². The lowest BCUT2D eigenvalue weighted by Crippen LogP contribution is -2.37. The molecule has 0 spiro atoms. The van der Waals surface area contributed by atoms with Gasteiger partial charge in [-0.25, -0.2) is 5.01 Å². The molecule has 0 saturated carbocycles. The second kappa shape index (κ2) is 11.4. The van der Waals surface area contributed by atoms with Crippen molar-refractivity contribution in [1.29, 1.82) is 0 Å². The Morgan fingerprint density at radius 1 is 1.12 bits per heavy atom. The minimum Gasteiger partial charge on any atom is -0.492 e. The summed E-state index contributed by atoms with van der Waals surface area (Å²) in [4.78, 5) is 18.3. The van der Waals surface area contributed by atoms with E-state index in [1.807, 2.05) is 43.2 Å². The number of ether oxygens (including phenoxy) is 1. The number of hydrazine groups is 1. The van der Waals surface area contributed by atoms with Crippen LogP contribution in [0.4, 0.5) is 0 Å². The van der Waals surface area contributed by atoms with Crippen molar-refractivity contribution in [2.24, 2.45) is 5.92 Å². The fourth-order valence-electron chi connectivity index (χ4n) is 4.82. The number of aromatic nitrogens is 1. The highest BCUT2D eigenvalue weighted by Gasteiger charge is 2.19. The van der Waals surface area contributed by atoms with Crippen molar-refractivity contribution in [3.05, 3.63) is 71.4 Å². The Hall–Kier alpha value is -2.96. The van der Waals surface area contributed by atoms with E-state index in [0.29, 0.717) is 19.1 Å². The van der Waals surface area contributed by atoms with Gasteiger partial charge in [0.05, 0.1) is 5.52 Å². The van der Waals surface area contributed by atoms with Crippen molar-refractivity contribution in [3.8, 4) is 5.75 Å². The molecule has 6 nitrogen and oxygen atoms in total. The molecule has 2 aromatic carbocycles. The Morgan fingerprint density at radius 2 is 1.88 bits per heavy atom. The standard InChI is InChI=1S/C28H36N4O2/c1-21-10-11-26-27(29-21)8-5-9-28(26)34-17-16-32-14-12-23(13-15-32)18-24-6-4-7-25(19-24)20-31(3)30-22(2)33/h4-11,19,23H,12-18,20H2,1-3H3,(H,30,33). The number of likely N-dealkylation sites (tertiary alicyclic amines) is 1. The highest BCUT2D eigenvalue weighted by atomic mass is 16.5. The predicted octanol–water partition coefficient (Wildman–Crippen LogP) is 4.36. The molecule has 1 fully saturated rings. The molecule has 3 aromatic rings. The molecule has 34 heavy (non-hydrogen) atoms. The highest BCUT2D eigenvalue weighted by molar-refractivity contribution is 5.85. The summed E-state index contributed by atoms with van der Waals surface area (Å²) in [6.07, 6.45) is 3.55. The molecule has 1 N–H and O–H groups in total. The predicted molar refractivity (Wildman–Crippen MR) is 137 cm³/mol. The van der Waals surface area contributed by atoms with Gasteiger partial charge < -0.3 is 4.74 Å². The maximum atomic E-state index is 11.2. The first kappa shape index (κ1) is 24.2. The average molecular weight is 461 g/mol. The van der Waals surface area contributed by atoms with Crippen LogP contribution in [0.3, 0.4) is 0 Å². The van der Waals surface area contributed by atoms with Gasteiger partial charge in [0.1, 0.15) is 12.4 Å². The van der Waals surface area contributed by atoms with Crippen LogP contribution in [0.25, 0.3) is 10.9 Å². The molecule has 1 aliphatic rings. The Kier molecular flexibility index (Phi) is 8.14. The van der Waals surface area contributed by atoms with Crippen LogP contribution in [0, 0.1) is 12.8 Å². The number of hydrogen-bond donors (Lipinski definition) is 1. The van der Waals surface area contributed by atoms with Gasteiger partial charge in [-0.2, -0.15) is 0 Å². The van der Waals surface area contributed by atoms with E-state index in [1.54, 1.807) is 0 Å². The first-order chi connectivity index (χ1) is 16.5. The first-order valence-corrected chi connectivity index (χ1v) is 12.2. The van der Waals surface area contributed by atoms with Crippen molar-refractivity contribution in [2.75, 3.05) is 33.3 Å². The largest absolute Gasteiger partial charge is 0.492 e. The lowest BCUT2D eigenvalue weighted by molar-refractivity contribution is -0.123. The molecule has 0 atom stereocenters. The average Bonchev–Trinajstić information content (AvgIpc) is 2.80. The molecular weight excluding hydrogens is 424 g/mol. The third-order valence-electron chi connectivity index (χ3n) is 6.49. The number of benzene rings is 2. The molecule has 1 amide bonds. The number of carbonyl (C=O) groups excluding carboxylic acids is 1. The maximum absolute atomic E-state index is 11.2. The zero-order valence-corrected chi connectivity index (χ0v) is 20.6. The van der Waals surface area contributed by atoms with Crippen molar-refractivity contribution in [1.82, 2.24) is 20.3 Å². The van der Waals surface area contributed by atoms with Gasteiger partial charge in [0.25, 0.3) is 0 Å². The lowest BCUT2D eigenvalue weighted by atomic mass is 9.89. The molecule has 1 aromatic heterocycles. The molecule has 0 bridgehead atoms. The topological polar surface area (TPSA) is 57.7 Å². The minimum absolute atomic E-state index is 0.0416. The number of pyridine rings is 1. The molecule has 2 heterocycles. The van der Waals surface area contributed by atoms with E-state index in [9.17, 15) is 4.79 Å². The van der Waals surface area contributed by atoms with Crippen LogP contribution < -0.4 is 10.2 Å². The molecule has 0 radical (unpaired) electrons. The lowest BCUT2D eigenvalue weighted by Gasteiger charge is -2.32. The van der Waals surface area contributed by atoms with E-state index in [1.165, 1.54) is 30.9 Å². The molecule has 1 aliphatic heterocycles. The summed E-state index contributed by atoms with van der Waals surface area (Å²) in [7, 11) is 1.89.